The van der Waals surface area contributed by atoms with Crippen molar-refractivity contribution in [3.8, 4) is 0 Å². The minimum absolute atomic E-state index is 0.0616. The van der Waals surface area contributed by atoms with Gasteiger partial charge in [-0.3, -0.25) is 4.79 Å². The number of fused-ring (bicyclic) bond motifs is 1. The predicted octanol–water partition coefficient (Wildman–Crippen LogP) is 1.44. The number of thiazole rings is 1. The zero-order chi connectivity index (χ0) is 18.5. The Kier molecular flexibility index (Phi) is 4.32. The summed E-state index contributed by atoms with van der Waals surface area (Å²) >= 11 is 1.52. The summed E-state index contributed by atoms with van der Waals surface area (Å²) in [5.41, 5.74) is 1.93. The van der Waals surface area contributed by atoms with Crippen LogP contribution in [-0.2, 0) is 16.6 Å². The number of hydrogen-bond acceptors (Lipinski definition) is 6. The zero-order valence-electron chi connectivity index (χ0n) is 14.6. The van der Waals surface area contributed by atoms with E-state index in [1.807, 2.05) is 25.3 Å². The van der Waals surface area contributed by atoms with E-state index in [2.05, 4.69) is 9.97 Å². The smallest absolute Gasteiger partial charge is 0.272 e. The van der Waals surface area contributed by atoms with E-state index >= 15 is 0 Å². The molecule has 26 heavy (non-hydrogen) atoms. The molecule has 2 aliphatic heterocycles. The van der Waals surface area contributed by atoms with Gasteiger partial charge < -0.3 is 4.90 Å². The third kappa shape index (κ3) is 3.04. The van der Waals surface area contributed by atoms with Gasteiger partial charge >= 0.3 is 0 Å². The van der Waals surface area contributed by atoms with E-state index in [1.165, 1.54) is 15.6 Å². The summed E-state index contributed by atoms with van der Waals surface area (Å²) in [5.74, 6) is -0.256. The average Bonchev–Trinajstić information content (AvgIpc) is 3.25. The molecule has 4 rings (SSSR count). The third-order valence-electron chi connectivity index (χ3n) is 4.96. The average molecular weight is 393 g/mol. The number of nitrogens with zero attached hydrogens (tertiary/aromatic N) is 4. The molecule has 0 aromatic carbocycles. The minimum Gasteiger partial charge on any atom is -0.336 e. The maximum Gasteiger partial charge on any atom is 0.272 e. The van der Waals surface area contributed by atoms with Gasteiger partial charge in [-0.1, -0.05) is 6.07 Å². The van der Waals surface area contributed by atoms with Crippen molar-refractivity contribution in [3.63, 3.8) is 0 Å². The molecule has 0 spiro atoms. The van der Waals surface area contributed by atoms with Crippen molar-refractivity contribution >= 4 is 27.3 Å². The summed E-state index contributed by atoms with van der Waals surface area (Å²) in [4.78, 5) is 22.9. The Bertz CT molecular complexity index is 956. The molecule has 2 aliphatic rings. The summed E-state index contributed by atoms with van der Waals surface area (Å²) in [6, 6.07) is 5.30. The Morgan fingerprint density at radius 2 is 2.04 bits per heavy atom. The quantitative estimate of drug-likeness (QED) is 0.789. The normalized spacial score (nSPS) is 24.8. The third-order valence-corrected chi connectivity index (χ3v) is 8.08. The van der Waals surface area contributed by atoms with Crippen LogP contribution in [0.15, 0.2) is 23.6 Å². The van der Waals surface area contributed by atoms with Crippen molar-refractivity contribution in [1.82, 2.24) is 19.2 Å². The Hall–Kier alpha value is -1.84. The van der Waals surface area contributed by atoms with Crippen LogP contribution in [0, 0.1) is 19.8 Å². The first-order valence-corrected chi connectivity index (χ1v) is 10.9. The highest BCUT2D eigenvalue weighted by Gasteiger charge is 2.52. The van der Waals surface area contributed by atoms with Gasteiger partial charge in [0, 0.05) is 36.6 Å². The molecule has 1 amide bonds. The summed E-state index contributed by atoms with van der Waals surface area (Å²) < 4.78 is 27.3. The fraction of sp³-hybridized carbons (Fsp3) is 0.471. The van der Waals surface area contributed by atoms with Crippen LogP contribution in [0.5, 0.6) is 0 Å². The van der Waals surface area contributed by atoms with Gasteiger partial charge in [0.1, 0.15) is 5.69 Å². The lowest BCUT2D eigenvalue weighted by Gasteiger charge is -2.21. The molecule has 0 aliphatic carbocycles. The lowest BCUT2D eigenvalue weighted by atomic mass is 10.1. The number of amides is 1. The van der Waals surface area contributed by atoms with Gasteiger partial charge in [0.2, 0.25) is 10.0 Å². The lowest BCUT2D eigenvalue weighted by Crippen LogP contribution is -2.37. The van der Waals surface area contributed by atoms with Gasteiger partial charge in [-0.15, -0.1) is 11.3 Å². The zero-order valence-corrected chi connectivity index (χ0v) is 16.3. The number of rotatable bonds is 3. The Balaban J connectivity index is 1.49. The van der Waals surface area contributed by atoms with Crippen LogP contribution < -0.4 is 0 Å². The number of hydrogen-bond donors (Lipinski definition) is 0. The molecule has 2 aromatic rings. The summed E-state index contributed by atoms with van der Waals surface area (Å²) in [6.45, 7) is 5.17. The van der Waals surface area contributed by atoms with Crippen molar-refractivity contribution in [2.24, 2.45) is 5.92 Å². The van der Waals surface area contributed by atoms with Crippen LogP contribution in [0.2, 0.25) is 0 Å². The van der Waals surface area contributed by atoms with Gasteiger partial charge in [0.25, 0.3) is 5.91 Å². The monoisotopic (exact) mass is 392 g/mol. The topological polar surface area (TPSA) is 83.5 Å². The Morgan fingerprint density at radius 3 is 2.69 bits per heavy atom. The van der Waals surface area contributed by atoms with E-state index < -0.39 is 15.3 Å². The molecule has 0 unspecified atom stereocenters. The molecule has 9 heteroatoms. The van der Waals surface area contributed by atoms with Gasteiger partial charge in [0.05, 0.1) is 22.5 Å². The highest BCUT2D eigenvalue weighted by atomic mass is 32.2. The van der Waals surface area contributed by atoms with E-state index in [-0.39, 0.29) is 18.4 Å². The number of sulfonamides is 1. The van der Waals surface area contributed by atoms with Crippen molar-refractivity contribution in [2.45, 2.75) is 25.6 Å². The molecular weight excluding hydrogens is 372 g/mol. The van der Waals surface area contributed by atoms with Crippen LogP contribution in [-0.4, -0.2) is 58.4 Å². The van der Waals surface area contributed by atoms with Crippen molar-refractivity contribution in [1.29, 1.82) is 0 Å². The second-order valence-corrected chi connectivity index (χ2v) is 10.1. The molecule has 7 nitrogen and oxygen atoms in total. The largest absolute Gasteiger partial charge is 0.336 e. The number of aromatic nitrogens is 2. The van der Waals surface area contributed by atoms with Crippen molar-refractivity contribution in [2.75, 3.05) is 19.6 Å². The van der Waals surface area contributed by atoms with Gasteiger partial charge in [-0.05, 0) is 26.0 Å². The van der Waals surface area contributed by atoms with Crippen LogP contribution >= 0.6 is 11.3 Å². The molecule has 2 aromatic heterocycles. The fourth-order valence-electron chi connectivity index (χ4n) is 3.72. The van der Waals surface area contributed by atoms with E-state index in [9.17, 15) is 13.2 Å². The second-order valence-electron chi connectivity index (χ2n) is 6.87. The van der Waals surface area contributed by atoms with Crippen molar-refractivity contribution < 1.29 is 13.2 Å². The molecule has 0 bridgehead atoms. The maximum atomic E-state index is 12.9. The maximum absolute atomic E-state index is 12.9. The minimum atomic E-state index is -3.43. The molecule has 2 saturated heterocycles. The number of pyridine rings is 1. The summed E-state index contributed by atoms with van der Waals surface area (Å²) in [5, 5.41) is 2.30. The standard InChI is InChI=1S/C17H20N4O3S2/c1-11-4-3-5-15(18-11)17(22)20-6-13-7-21(26(23,24)16(13)9-20)8-14-10-25-12(2)19-14/h3-5,10,13,16H,6-9H2,1-2H3/t13-,16+/m1/s1. The first-order chi connectivity index (χ1) is 12.3. The molecule has 0 radical (unpaired) electrons. The van der Waals surface area contributed by atoms with Crippen molar-refractivity contribution in [3.05, 3.63) is 45.7 Å². The highest BCUT2D eigenvalue weighted by Crippen LogP contribution is 2.35. The second kappa shape index (κ2) is 6.40. The van der Waals surface area contributed by atoms with Gasteiger partial charge in [0.15, 0.2) is 0 Å². The van der Waals surface area contributed by atoms with Crippen LogP contribution in [0.1, 0.15) is 26.9 Å². The highest BCUT2D eigenvalue weighted by molar-refractivity contribution is 7.90. The Morgan fingerprint density at radius 1 is 1.23 bits per heavy atom. The number of aryl methyl sites for hydroxylation is 2. The molecule has 0 N–H and O–H groups in total. The summed E-state index contributed by atoms with van der Waals surface area (Å²) in [6.07, 6.45) is 0. The van der Waals surface area contributed by atoms with Crippen LogP contribution in [0.4, 0.5) is 0 Å². The molecule has 138 valence electrons. The number of likely N-dealkylation sites (tertiary alicyclic amines) is 1. The number of carbonyl (C=O) groups is 1. The first-order valence-electron chi connectivity index (χ1n) is 8.47. The first kappa shape index (κ1) is 17.6. The molecule has 0 saturated carbocycles. The molecule has 2 fully saturated rings. The summed E-state index contributed by atoms with van der Waals surface area (Å²) in [7, 11) is -3.43. The molecular formula is C17H20N4O3S2. The van der Waals surface area contributed by atoms with Gasteiger partial charge in [-0.2, -0.15) is 4.31 Å². The molecule has 4 heterocycles. The fourth-order valence-corrected chi connectivity index (χ4v) is 6.44. The van der Waals surface area contributed by atoms with Gasteiger partial charge in [-0.25, -0.2) is 18.4 Å². The number of carbonyl (C=O) groups excluding carboxylic acids is 1. The lowest BCUT2D eigenvalue weighted by molar-refractivity contribution is 0.0778. The van der Waals surface area contributed by atoms with Crippen LogP contribution in [0.25, 0.3) is 0 Å². The van der Waals surface area contributed by atoms with E-state index in [0.717, 1.165) is 16.4 Å². The van der Waals surface area contributed by atoms with E-state index in [1.54, 1.807) is 17.0 Å². The predicted molar refractivity (Wildman–Crippen MR) is 98.3 cm³/mol. The SMILES string of the molecule is Cc1cccc(C(=O)N2C[C@@H]3CN(Cc4csc(C)n4)S(=O)(=O)[C@H]3C2)n1. The van der Waals surface area contributed by atoms with E-state index in [4.69, 9.17) is 0 Å². The van der Waals surface area contributed by atoms with Crippen LogP contribution in [0.3, 0.4) is 0 Å². The van der Waals surface area contributed by atoms with E-state index in [0.29, 0.717) is 25.3 Å². The molecule has 2 atom stereocenters. The Labute approximate surface area is 156 Å².